The molecule has 130 valence electrons. The summed E-state index contributed by atoms with van der Waals surface area (Å²) < 4.78 is 14.9. The zero-order valence-corrected chi connectivity index (χ0v) is 15.0. The number of carbonyl (C=O) groups is 1. The van der Waals surface area contributed by atoms with Gasteiger partial charge in [-0.25, -0.2) is 4.39 Å². The van der Waals surface area contributed by atoms with Gasteiger partial charge < -0.3 is 10.6 Å². The third-order valence-corrected chi connectivity index (χ3v) is 4.29. The molecule has 1 amide bonds. The van der Waals surface area contributed by atoms with E-state index in [2.05, 4.69) is 15.7 Å². The summed E-state index contributed by atoms with van der Waals surface area (Å²) in [6.07, 6.45) is 3.45. The van der Waals surface area contributed by atoms with E-state index in [4.69, 9.17) is 11.6 Å². The lowest BCUT2D eigenvalue weighted by Gasteiger charge is -2.27. The Bertz CT molecular complexity index is 729. The van der Waals surface area contributed by atoms with Crippen LogP contribution in [0.1, 0.15) is 31.0 Å². The van der Waals surface area contributed by atoms with Gasteiger partial charge in [-0.3, -0.25) is 9.48 Å². The van der Waals surface area contributed by atoms with Gasteiger partial charge in [0.2, 0.25) is 5.91 Å². The second-order valence-electron chi connectivity index (χ2n) is 6.39. The monoisotopic (exact) mass is 352 g/mol. The Hall–Kier alpha value is -1.92. The predicted molar refractivity (Wildman–Crippen MR) is 92.5 cm³/mol. The van der Waals surface area contributed by atoms with E-state index in [1.165, 1.54) is 12.1 Å². The van der Waals surface area contributed by atoms with Crippen LogP contribution < -0.4 is 10.6 Å². The van der Waals surface area contributed by atoms with Crippen molar-refractivity contribution in [2.75, 3.05) is 13.6 Å². The third kappa shape index (κ3) is 4.13. The molecule has 1 aromatic carbocycles. The van der Waals surface area contributed by atoms with Crippen LogP contribution in [0, 0.1) is 5.82 Å². The van der Waals surface area contributed by atoms with Gasteiger partial charge in [-0.05, 0) is 24.7 Å². The van der Waals surface area contributed by atoms with Crippen LogP contribution in [-0.2, 0) is 17.3 Å². The van der Waals surface area contributed by atoms with Crippen molar-refractivity contribution in [2.24, 2.45) is 7.05 Å². The van der Waals surface area contributed by atoms with E-state index in [-0.39, 0.29) is 11.7 Å². The fourth-order valence-electron chi connectivity index (χ4n) is 2.58. The SMILES string of the molecule is CNC(C(=O)NCC(C)(C)c1ccc(F)cc1Cl)c1cnn(C)c1. The van der Waals surface area contributed by atoms with Crippen LogP contribution >= 0.6 is 11.6 Å². The number of rotatable bonds is 6. The molecule has 0 fully saturated rings. The Morgan fingerprint density at radius 1 is 1.46 bits per heavy atom. The standard InChI is InChI=1S/C17H22ClFN4O/c1-17(2,13-6-5-12(19)7-14(13)18)10-21-16(24)15(20-3)11-8-22-23(4)9-11/h5-9,15,20H,10H2,1-4H3,(H,21,24). The number of nitrogens with one attached hydrogen (secondary N) is 2. The minimum Gasteiger partial charge on any atom is -0.354 e. The minimum absolute atomic E-state index is 0.156. The van der Waals surface area contributed by atoms with Crippen molar-refractivity contribution in [1.82, 2.24) is 20.4 Å². The van der Waals surface area contributed by atoms with E-state index < -0.39 is 11.5 Å². The molecule has 0 aliphatic heterocycles. The molecule has 0 aliphatic rings. The molecule has 2 rings (SSSR count). The zero-order chi connectivity index (χ0) is 17.9. The lowest BCUT2D eigenvalue weighted by Crippen LogP contribution is -2.42. The zero-order valence-electron chi connectivity index (χ0n) is 14.2. The second kappa shape index (κ2) is 7.32. The number of amides is 1. The molecule has 7 heteroatoms. The maximum absolute atomic E-state index is 13.2. The molecule has 24 heavy (non-hydrogen) atoms. The highest BCUT2D eigenvalue weighted by Gasteiger charge is 2.27. The van der Waals surface area contributed by atoms with E-state index >= 15 is 0 Å². The number of halogens is 2. The first kappa shape index (κ1) is 18.4. The Kier molecular flexibility index (Phi) is 5.62. The summed E-state index contributed by atoms with van der Waals surface area (Å²) in [5, 5.41) is 10.4. The van der Waals surface area contributed by atoms with Crippen molar-refractivity contribution in [3.05, 3.63) is 52.6 Å². The van der Waals surface area contributed by atoms with E-state index in [0.717, 1.165) is 11.1 Å². The minimum atomic E-state index is -0.488. The molecule has 0 aliphatic carbocycles. The molecule has 0 bridgehead atoms. The van der Waals surface area contributed by atoms with E-state index in [1.54, 1.807) is 37.2 Å². The van der Waals surface area contributed by atoms with Crippen molar-refractivity contribution >= 4 is 17.5 Å². The number of likely N-dealkylation sites (N-methyl/N-ethyl adjacent to an activating group) is 1. The summed E-state index contributed by atoms with van der Waals surface area (Å²) >= 11 is 6.14. The molecule has 0 radical (unpaired) electrons. The first-order valence-corrected chi connectivity index (χ1v) is 8.01. The topological polar surface area (TPSA) is 59.0 Å². The number of benzene rings is 1. The van der Waals surface area contributed by atoms with E-state index in [0.29, 0.717) is 11.6 Å². The molecule has 0 saturated heterocycles. The van der Waals surface area contributed by atoms with Gasteiger partial charge in [0.05, 0.1) is 6.20 Å². The van der Waals surface area contributed by atoms with Gasteiger partial charge in [0.15, 0.2) is 0 Å². The van der Waals surface area contributed by atoms with Gasteiger partial charge in [0, 0.05) is 35.8 Å². The highest BCUT2D eigenvalue weighted by molar-refractivity contribution is 6.31. The smallest absolute Gasteiger partial charge is 0.241 e. The highest BCUT2D eigenvalue weighted by Crippen LogP contribution is 2.30. The molecule has 2 aromatic rings. The highest BCUT2D eigenvalue weighted by atomic mass is 35.5. The average molecular weight is 353 g/mol. The van der Waals surface area contributed by atoms with Crippen LogP contribution in [0.3, 0.4) is 0 Å². The summed E-state index contributed by atoms with van der Waals surface area (Å²) in [5.41, 5.74) is 1.14. The largest absolute Gasteiger partial charge is 0.354 e. The molecule has 2 N–H and O–H groups in total. The summed E-state index contributed by atoms with van der Waals surface area (Å²) in [4.78, 5) is 12.5. The lowest BCUT2D eigenvalue weighted by atomic mass is 9.84. The fraction of sp³-hybridized carbons (Fsp3) is 0.412. The number of aromatic nitrogens is 2. The normalized spacial score (nSPS) is 12.9. The van der Waals surface area contributed by atoms with Crippen molar-refractivity contribution in [2.45, 2.75) is 25.3 Å². The van der Waals surface area contributed by atoms with Gasteiger partial charge >= 0.3 is 0 Å². The molecular formula is C17H22ClFN4O. The molecular weight excluding hydrogens is 331 g/mol. The number of hydrogen-bond donors (Lipinski definition) is 2. The van der Waals surface area contributed by atoms with Crippen LogP contribution in [0.15, 0.2) is 30.6 Å². The van der Waals surface area contributed by atoms with Crippen LogP contribution in [0.5, 0.6) is 0 Å². The molecule has 0 saturated carbocycles. The van der Waals surface area contributed by atoms with E-state index in [1.807, 2.05) is 13.8 Å². The first-order valence-electron chi connectivity index (χ1n) is 7.63. The molecule has 1 aromatic heterocycles. The molecule has 1 atom stereocenters. The summed E-state index contributed by atoms with van der Waals surface area (Å²) in [5.74, 6) is -0.535. The average Bonchev–Trinajstić information content (AvgIpc) is 2.92. The number of nitrogens with zero attached hydrogens (tertiary/aromatic N) is 2. The summed E-state index contributed by atoms with van der Waals surface area (Å²) in [7, 11) is 3.52. The quantitative estimate of drug-likeness (QED) is 0.840. The third-order valence-electron chi connectivity index (χ3n) is 3.97. The first-order chi connectivity index (χ1) is 11.2. The maximum atomic E-state index is 13.2. The van der Waals surface area contributed by atoms with Gasteiger partial charge in [0.25, 0.3) is 0 Å². The Balaban J connectivity index is 2.08. The van der Waals surface area contributed by atoms with Gasteiger partial charge in [0.1, 0.15) is 11.9 Å². The summed E-state index contributed by atoms with van der Waals surface area (Å²) in [6.45, 7) is 4.27. The van der Waals surface area contributed by atoms with Gasteiger partial charge in [-0.2, -0.15) is 5.10 Å². The van der Waals surface area contributed by atoms with Crippen molar-refractivity contribution < 1.29 is 9.18 Å². The van der Waals surface area contributed by atoms with Gasteiger partial charge in [-0.15, -0.1) is 0 Å². The van der Waals surface area contributed by atoms with E-state index in [9.17, 15) is 9.18 Å². The molecule has 1 heterocycles. The summed E-state index contributed by atoms with van der Waals surface area (Å²) in [6, 6.07) is 3.82. The van der Waals surface area contributed by atoms with Gasteiger partial charge in [-0.1, -0.05) is 31.5 Å². The number of carbonyl (C=O) groups excluding carboxylic acids is 1. The fourth-order valence-corrected chi connectivity index (χ4v) is 3.01. The molecule has 5 nitrogen and oxygen atoms in total. The second-order valence-corrected chi connectivity index (χ2v) is 6.80. The van der Waals surface area contributed by atoms with Crippen LogP contribution in [0.4, 0.5) is 4.39 Å². The van der Waals surface area contributed by atoms with Crippen molar-refractivity contribution in [3.63, 3.8) is 0 Å². The Morgan fingerprint density at radius 2 is 2.17 bits per heavy atom. The Labute approximate surface area is 146 Å². The molecule has 0 spiro atoms. The molecule has 1 unspecified atom stereocenters. The predicted octanol–water partition coefficient (Wildman–Crippen LogP) is 2.57. The number of aryl methyl sites for hydroxylation is 1. The van der Waals surface area contributed by atoms with Crippen molar-refractivity contribution in [1.29, 1.82) is 0 Å². The lowest BCUT2D eigenvalue weighted by molar-refractivity contribution is -0.123. The van der Waals surface area contributed by atoms with Crippen LogP contribution in [-0.4, -0.2) is 29.3 Å². The number of hydrogen-bond acceptors (Lipinski definition) is 3. The van der Waals surface area contributed by atoms with Crippen molar-refractivity contribution in [3.8, 4) is 0 Å². The van der Waals surface area contributed by atoms with Crippen LogP contribution in [0.2, 0.25) is 5.02 Å². The Morgan fingerprint density at radius 3 is 2.71 bits per heavy atom. The van der Waals surface area contributed by atoms with Crippen LogP contribution in [0.25, 0.3) is 0 Å². The maximum Gasteiger partial charge on any atom is 0.241 e.